The molecule has 10 heteroatoms. The molecular weight excluding hydrogens is 426 g/mol. The number of nitrogens with zero attached hydrogens (tertiary/aromatic N) is 3. The molecule has 0 saturated heterocycles. The Morgan fingerprint density at radius 3 is 2.64 bits per heavy atom. The van der Waals surface area contributed by atoms with E-state index in [2.05, 4.69) is 10.1 Å². The number of para-hydroxylation sites is 1. The minimum atomic E-state index is -0.750. The van der Waals surface area contributed by atoms with Crippen molar-refractivity contribution in [3.63, 3.8) is 0 Å². The summed E-state index contributed by atoms with van der Waals surface area (Å²) in [6.45, 7) is 0.393. The van der Waals surface area contributed by atoms with Crippen LogP contribution in [0.2, 0.25) is 0 Å². The summed E-state index contributed by atoms with van der Waals surface area (Å²) >= 11 is 0. The number of hydrogen-bond donors (Lipinski definition) is 2. The first-order chi connectivity index (χ1) is 16.0. The van der Waals surface area contributed by atoms with E-state index in [9.17, 15) is 14.4 Å². The number of nitrogens with two attached hydrogens (primary N) is 1. The molecule has 0 fully saturated rings. The van der Waals surface area contributed by atoms with Crippen molar-refractivity contribution in [2.45, 2.75) is 19.5 Å². The molecule has 0 aliphatic rings. The molecule has 4 rings (SSSR count). The lowest BCUT2D eigenvalue weighted by molar-refractivity contribution is -0.118. The average molecular weight is 449 g/mol. The molecule has 0 radical (unpaired) electrons. The van der Waals surface area contributed by atoms with Crippen molar-refractivity contribution in [1.82, 2.24) is 14.7 Å². The Balaban J connectivity index is 1.78. The molecule has 0 atom stereocenters. The van der Waals surface area contributed by atoms with Crippen LogP contribution in [0.25, 0.3) is 11.0 Å². The van der Waals surface area contributed by atoms with E-state index in [-0.39, 0.29) is 37.6 Å². The minimum absolute atomic E-state index is 0.0746. The van der Waals surface area contributed by atoms with Crippen LogP contribution in [0.15, 0.2) is 68.7 Å². The van der Waals surface area contributed by atoms with Crippen LogP contribution in [0.4, 0.5) is 11.5 Å². The molecular formula is C23H23N5O5. The van der Waals surface area contributed by atoms with E-state index >= 15 is 0 Å². The summed E-state index contributed by atoms with van der Waals surface area (Å²) in [6.07, 6.45) is -0.125. The average Bonchev–Trinajstić information content (AvgIpc) is 3.21. The number of anilines is 2. The smallest absolute Gasteiger partial charge is 0.330 e. The number of methoxy groups -OCH3 is 1. The SMILES string of the molecule is COCCn1c(N)c(N(Cc2ccccc2)C(=O)Cc2noc3ccccc23)c(=O)[nH]c1=O. The van der Waals surface area contributed by atoms with Gasteiger partial charge in [0.25, 0.3) is 5.56 Å². The molecule has 10 nitrogen and oxygen atoms in total. The maximum Gasteiger partial charge on any atom is 0.330 e. The number of nitrogens with one attached hydrogen (secondary N) is 1. The van der Waals surface area contributed by atoms with Crippen molar-refractivity contribution in [1.29, 1.82) is 0 Å². The highest BCUT2D eigenvalue weighted by molar-refractivity contribution is 5.98. The van der Waals surface area contributed by atoms with Crippen LogP contribution in [0.5, 0.6) is 0 Å². The van der Waals surface area contributed by atoms with Gasteiger partial charge in [-0.2, -0.15) is 0 Å². The molecule has 170 valence electrons. The van der Waals surface area contributed by atoms with E-state index in [1.165, 1.54) is 16.6 Å². The molecule has 3 N–H and O–H groups in total. The van der Waals surface area contributed by atoms with Gasteiger partial charge in [0, 0.05) is 12.5 Å². The minimum Gasteiger partial charge on any atom is -0.383 e. The standard InChI is InChI=1S/C23H23N5O5/c1-32-12-11-27-21(24)20(22(30)25-23(27)31)28(14-15-7-3-2-4-8-15)19(29)13-17-16-9-5-6-10-18(16)33-26-17/h2-10H,11-14,24H2,1H3,(H,25,30,31). The fourth-order valence-electron chi connectivity index (χ4n) is 3.60. The van der Waals surface area contributed by atoms with Gasteiger partial charge in [-0.05, 0) is 17.7 Å². The van der Waals surface area contributed by atoms with Gasteiger partial charge in [-0.15, -0.1) is 0 Å². The van der Waals surface area contributed by atoms with Crippen molar-refractivity contribution in [3.8, 4) is 0 Å². The van der Waals surface area contributed by atoms with Crippen LogP contribution in [-0.4, -0.2) is 34.3 Å². The molecule has 2 aromatic carbocycles. The van der Waals surface area contributed by atoms with Gasteiger partial charge < -0.3 is 15.0 Å². The fourth-order valence-corrected chi connectivity index (χ4v) is 3.60. The summed E-state index contributed by atoms with van der Waals surface area (Å²) in [5.74, 6) is -0.540. The quantitative estimate of drug-likeness (QED) is 0.418. The van der Waals surface area contributed by atoms with Gasteiger partial charge in [0.2, 0.25) is 5.91 Å². The fraction of sp³-hybridized carbons (Fsp3) is 0.217. The Morgan fingerprint density at radius 2 is 1.88 bits per heavy atom. The zero-order valence-electron chi connectivity index (χ0n) is 18.0. The maximum atomic E-state index is 13.5. The predicted molar refractivity (Wildman–Crippen MR) is 123 cm³/mol. The zero-order chi connectivity index (χ0) is 23.4. The number of rotatable bonds is 8. The topological polar surface area (TPSA) is 136 Å². The van der Waals surface area contributed by atoms with Crippen molar-refractivity contribution in [3.05, 3.63) is 86.7 Å². The predicted octanol–water partition coefficient (Wildman–Crippen LogP) is 1.68. The van der Waals surface area contributed by atoms with E-state index in [0.29, 0.717) is 16.7 Å². The lowest BCUT2D eigenvalue weighted by Gasteiger charge is -2.24. The molecule has 33 heavy (non-hydrogen) atoms. The largest absolute Gasteiger partial charge is 0.383 e. The summed E-state index contributed by atoms with van der Waals surface area (Å²) in [7, 11) is 1.49. The Labute approximate surface area is 188 Å². The molecule has 2 heterocycles. The van der Waals surface area contributed by atoms with E-state index in [1.807, 2.05) is 48.5 Å². The third-order valence-corrected chi connectivity index (χ3v) is 5.26. The van der Waals surface area contributed by atoms with Gasteiger partial charge in [0.1, 0.15) is 11.5 Å². The second kappa shape index (κ2) is 9.53. The monoisotopic (exact) mass is 449 g/mol. The normalized spacial score (nSPS) is 11.1. The summed E-state index contributed by atoms with van der Waals surface area (Å²) in [5, 5.41) is 4.73. The number of hydrogen-bond acceptors (Lipinski definition) is 7. The molecule has 2 aromatic heterocycles. The third-order valence-electron chi connectivity index (χ3n) is 5.26. The number of amides is 1. The number of carbonyl (C=O) groups excluding carboxylic acids is 1. The third kappa shape index (κ3) is 4.55. The molecule has 0 saturated carbocycles. The molecule has 0 aliphatic carbocycles. The molecule has 0 bridgehead atoms. The first-order valence-electron chi connectivity index (χ1n) is 10.3. The highest BCUT2D eigenvalue weighted by atomic mass is 16.5. The van der Waals surface area contributed by atoms with Crippen molar-refractivity contribution in [2.24, 2.45) is 0 Å². The summed E-state index contributed by atoms with van der Waals surface area (Å²) in [6, 6.07) is 16.4. The number of benzene rings is 2. The van der Waals surface area contributed by atoms with Crippen molar-refractivity contribution < 1.29 is 14.1 Å². The highest BCUT2D eigenvalue weighted by Gasteiger charge is 2.26. The van der Waals surface area contributed by atoms with E-state index in [0.717, 1.165) is 5.56 Å². The first-order valence-corrected chi connectivity index (χ1v) is 10.3. The first kappa shape index (κ1) is 22.0. The number of ether oxygens (including phenoxy) is 1. The van der Waals surface area contributed by atoms with Crippen LogP contribution in [0, 0.1) is 0 Å². The van der Waals surface area contributed by atoms with Gasteiger partial charge >= 0.3 is 5.69 Å². The number of nitrogen functional groups attached to an aromatic ring is 1. The van der Waals surface area contributed by atoms with Crippen LogP contribution in [-0.2, 0) is 29.0 Å². The van der Waals surface area contributed by atoms with E-state index < -0.39 is 17.2 Å². The lowest BCUT2D eigenvalue weighted by atomic mass is 10.1. The second-order valence-electron chi connectivity index (χ2n) is 7.41. The number of H-pyrrole nitrogens is 1. The van der Waals surface area contributed by atoms with Gasteiger partial charge in [0.05, 0.1) is 26.1 Å². The van der Waals surface area contributed by atoms with Crippen LogP contribution in [0.3, 0.4) is 0 Å². The van der Waals surface area contributed by atoms with Gasteiger partial charge in [-0.25, -0.2) is 4.79 Å². The van der Waals surface area contributed by atoms with Crippen molar-refractivity contribution in [2.75, 3.05) is 24.4 Å². The Morgan fingerprint density at radius 1 is 1.15 bits per heavy atom. The lowest BCUT2D eigenvalue weighted by Crippen LogP contribution is -2.41. The summed E-state index contributed by atoms with van der Waals surface area (Å²) in [5.41, 5.74) is 6.49. The Bertz CT molecular complexity index is 1390. The number of fused-ring (bicyclic) bond motifs is 1. The number of aromatic nitrogens is 3. The second-order valence-corrected chi connectivity index (χ2v) is 7.41. The highest BCUT2D eigenvalue weighted by Crippen LogP contribution is 2.23. The Hall–Kier alpha value is -4.18. The van der Waals surface area contributed by atoms with Gasteiger partial charge in [-0.1, -0.05) is 47.6 Å². The molecule has 4 aromatic rings. The van der Waals surface area contributed by atoms with Crippen LogP contribution in [0.1, 0.15) is 11.3 Å². The molecule has 0 spiro atoms. The summed E-state index contributed by atoms with van der Waals surface area (Å²) < 4.78 is 11.5. The molecule has 0 unspecified atom stereocenters. The van der Waals surface area contributed by atoms with Crippen LogP contribution < -0.4 is 21.9 Å². The Kier molecular flexibility index (Phi) is 6.36. The summed E-state index contributed by atoms with van der Waals surface area (Å²) in [4.78, 5) is 42.2. The van der Waals surface area contributed by atoms with E-state index in [4.69, 9.17) is 15.0 Å². The number of aromatic amines is 1. The van der Waals surface area contributed by atoms with Gasteiger partial charge in [-0.3, -0.25) is 24.0 Å². The molecule has 1 amide bonds. The zero-order valence-corrected chi connectivity index (χ0v) is 18.0. The van der Waals surface area contributed by atoms with Gasteiger partial charge in [0.15, 0.2) is 11.3 Å². The van der Waals surface area contributed by atoms with Crippen LogP contribution >= 0.6 is 0 Å². The molecule has 0 aliphatic heterocycles. The number of carbonyl (C=O) groups is 1. The van der Waals surface area contributed by atoms with E-state index in [1.54, 1.807) is 6.07 Å². The maximum absolute atomic E-state index is 13.5. The van der Waals surface area contributed by atoms with Crippen molar-refractivity contribution >= 4 is 28.4 Å².